The first-order valence-electron chi connectivity index (χ1n) is 5.84. The number of allylic oxidation sites excluding steroid dienone is 2. The van der Waals surface area contributed by atoms with Crippen molar-refractivity contribution in [2.24, 2.45) is 0 Å². The Bertz CT molecular complexity index is 468. The fraction of sp³-hybridized carbons (Fsp3) is 0.188. The van der Waals surface area contributed by atoms with Gasteiger partial charge in [0.05, 0.1) is 0 Å². The van der Waals surface area contributed by atoms with Crippen LogP contribution in [0.25, 0.3) is 6.08 Å². The minimum absolute atomic E-state index is 0.330. The van der Waals surface area contributed by atoms with Crippen LogP contribution in [0.2, 0.25) is 0 Å². The monoisotopic (exact) mass is 242 g/mol. The number of rotatable bonds is 6. The van der Waals surface area contributed by atoms with Gasteiger partial charge in [-0.2, -0.15) is 0 Å². The van der Waals surface area contributed by atoms with Crippen molar-refractivity contribution in [3.05, 3.63) is 65.8 Å². The van der Waals surface area contributed by atoms with Gasteiger partial charge in [0.15, 0.2) is 0 Å². The second kappa shape index (κ2) is 6.60. The predicted octanol–water partition coefficient (Wildman–Crippen LogP) is 3.63. The largest absolute Gasteiger partial charge is 0.478 e. The van der Waals surface area contributed by atoms with E-state index in [1.807, 2.05) is 30.4 Å². The minimum Gasteiger partial charge on any atom is -0.478 e. The molecule has 0 aliphatic carbocycles. The molecule has 0 aliphatic rings. The first kappa shape index (κ1) is 14.0. The molecule has 0 bridgehead atoms. The molecule has 0 fully saturated rings. The van der Waals surface area contributed by atoms with Crippen LogP contribution >= 0.6 is 0 Å². The third-order valence-corrected chi connectivity index (χ3v) is 2.71. The molecule has 0 unspecified atom stereocenters. The van der Waals surface area contributed by atoms with Crippen molar-refractivity contribution in [1.82, 2.24) is 0 Å². The normalized spacial score (nSPS) is 11.1. The third kappa shape index (κ3) is 3.45. The Morgan fingerprint density at radius 1 is 1.22 bits per heavy atom. The molecule has 2 heteroatoms. The molecule has 0 atom stereocenters. The molecule has 0 saturated carbocycles. The van der Waals surface area contributed by atoms with Gasteiger partial charge in [0.2, 0.25) is 0 Å². The standard InChI is InChI=1S/C16H18O2/c1-4-7-13-9-6-10-14(8-5-2)15(13)11-12(3)16(17)18/h4-6,9-11H,1-2,7-8H2,3H3,(H,17,18). The predicted molar refractivity (Wildman–Crippen MR) is 75.5 cm³/mol. The number of carbonyl (C=O) groups is 1. The van der Waals surface area contributed by atoms with Gasteiger partial charge in [-0.15, -0.1) is 13.2 Å². The summed E-state index contributed by atoms with van der Waals surface area (Å²) in [7, 11) is 0. The molecule has 18 heavy (non-hydrogen) atoms. The van der Waals surface area contributed by atoms with Crippen molar-refractivity contribution < 1.29 is 9.90 Å². The summed E-state index contributed by atoms with van der Waals surface area (Å²) in [5.41, 5.74) is 3.48. The van der Waals surface area contributed by atoms with Crippen LogP contribution < -0.4 is 0 Å². The molecule has 1 N–H and O–H groups in total. The smallest absolute Gasteiger partial charge is 0.331 e. The second-order valence-corrected chi connectivity index (χ2v) is 4.11. The van der Waals surface area contributed by atoms with Gasteiger partial charge in [0, 0.05) is 5.57 Å². The maximum atomic E-state index is 10.9. The minimum atomic E-state index is -0.895. The molecule has 0 aliphatic heterocycles. The molecule has 0 heterocycles. The van der Waals surface area contributed by atoms with Crippen molar-refractivity contribution in [3.8, 4) is 0 Å². The molecular weight excluding hydrogens is 224 g/mol. The van der Waals surface area contributed by atoms with Crippen LogP contribution in [0.3, 0.4) is 0 Å². The summed E-state index contributed by atoms with van der Waals surface area (Å²) in [6, 6.07) is 5.97. The summed E-state index contributed by atoms with van der Waals surface area (Å²) >= 11 is 0. The number of hydrogen-bond acceptors (Lipinski definition) is 1. The van der Waals surface area contributed by atoms with Gasteiger partial charge in [-0.3, -0.25) is 0 Å². The van der Waals surface area contributed by atoms with E-state index in [4.69, 9.17) is 5.11 Å². The highest BCUT2D eigenvalue weighted by atomic mass is 16.4. The zero-order valence-electron chi connectivity index (χ0n) is 10.6. The molecule has 94 valence electrons. The Labute approximate surface area is 108 Å². The van der Waals surface area contributed by atoms with E-state index in [2.05, 4.69) is 13.2 Å². The van der Waals surface area contributed by atoms with Gasteiger partial charge in [0.25, 0.3) is 0 Å². The summed E-state index contributed by atoms with van der Waals surface area (Å²) in [6.45, 7) is 9.06. The maximum Gasteiger partial charge on any atom is 0.331 e. The van der Waals surface area contributed by atoms with Gasteiger partial charge in [-0.1, -0.05) is 30.4 Å². The van der Waals surface area contributed by atoms with E-state index in [0.717, 1.165) is 29.5 Å². The van der Waals surface area contributed by atoms with Crippen LogP contribution in [-0.4, -0.2) is 11.1 Å². The van der Waals surface area contributed by atoms with Crippen molar-refractivity contribution in [1.29, 1.82) is 0 Å². The molecule has 1 aromatic carbocycles. The lowest BCUT2D eigenvalue weighted by Crippen LogP contribution is -1.99. The number of carboxylic acids is 1. The van der Waals surface area contributed by atoms with Crippen molar-refractivity contribution >= 4 is 12.0 Å². The van der Waals surface area contributed by atoms with Crippen molar-refractivity contribution in [2.75, 3.05) is 0 Å². The van der Waals surface area contributed by atoms with Crippen LogP contribution in [-0.2, 0) is 17.6 Å². The van der Waals surface area contributed by atoms with Gasteiger partial charge in [-0.05, 0) is 42.5 Å². The summed E-state index contributed by atoms with van der Waals surface area (Å²) in [5, 5.41) is 8.98. The maximum absolute atomic E-state index is 10.9. The molecule has 1 aromatic rings. The van der Waals surface area contributed by atoms with Crippen LogP contribution in [0.1, 0.15) is 23.6 Å². The van der Waals surface area contributed by atoms with E-state index in [-0.39, 0.29) is 0 Å². The Balaban J connectivity index is 3.34. The quantitative estimate of drug-likeness (QED) is 0.611. The molecule has 2 nitrogen and oxygen atoms in total. The lowest BCUT2D eigenvalue weighted by Gasteiger charge is -2.10. The van der Waals surface area contributed by atoms with E-state index in [1.54, 1.807) is 13.0 Å². The average Bonchev–Trinajstić information content (AvgIpc) is 2.33. The zero-order valence-corrected chi connectivity index (χ0v) is 10.6. The first-order chi connectivity index (χ1) is 8.60. The second-order valence-electron chi connectivity index (χ2n) is 4.11. The van der Waals surface area contributed by atoms with E-state index >= 15 is 0 Å². The van der Waals surface area contributed by atoms with Gasteiger partial charge in [0.1, 0.15) is 0 Å². The number of benzene rings is 1. The van der Waals surface area contributed by atoms with Gasteiger partial charge < -0.3 is 5.11 Å². The summed E-state index contributed by atoms with van der Waals surface area (Å²) in [6.07, 6.45) is 6.81. The van der Waals surface area contributed by atoms with E-state index < -0.39 is 5.97 Å². The third-order valence-electron chi connectivity index (χ3n) is 2.71. The molecule has 0 aromatic heterocycles. The first-order valence-corrected chi connectivity index (χ1v) is 5.84. The average molecular weight is 242 g/mol. The topological polar surface area (TPSA) is 37.3 Å². The Morgan fingerprint density at radius 2 is 1.72 bits per heavy atom. The Kier molecular flexibility index (Phi) is 5.12. The highest BCUT2D eigenvalue weighted by Crippen LogP contribution is 2.20. The SMILES string of the molecule is C=CCc1cccc(CC=C)c1C=C(C)C(=O)O. The molecular formula is C16H18O2. The van der Waals surface area contributed by atoms with Crippen LogP contribution in [0.15, 0.2) is 49.1 Å². The summed E-state index contributed by atoms with van der Waals surface area (Å²) < 4.78 is 0. The number of carboxylic acid groups (broad SMARTS) is 1. The summed E-state index contributed by atoms with van der Waals surface area (Å²) in [5.74, 6) is -0.895. The van der Waals surface area contributed by atoms with Gasteiger partial charge >= 0.3 is 5.97 Å². The lowest BCUT2D eigenvalue weighted by atomic mass is 9.95. The fourth-order valence-corrected chi connectivity index (χ4v) is 1.80. The van der Waals surface area contributed by atoms with Crippen LogP contribution in [0, 0.1) is 0 Å². The lowest BCUT2D eigenvalue weighted by molar-refractivity contribution is -0.132. The Hall–Kier alpha value is -2.09. The highest BCUT2D eigenvalue weighted by molar-refractivity contribution is 5.92. The molecule has 0 spiro atoms. The number of aliphatic carboxylic acids is 1. The van der Waals surface area contributed by atoms with E-state index in [1.165, 1.54) is 0 Å². The Morgan fingerprint density at radius 3 is 2.11 bits per heavy atom. The van der Waals surface area contributed by atoms with Gasteiger partial charge in [-0.25, -0.2) is 4.79 Å². The highest BCUT2D eigenvalue weighted by Gasteiger charge is 2.07. The number of hydrogen-bond donors (Lipinski definition) is 1. The molecule has 0 saturated heterocycles. The van der Waals surface area contributed by atoms with Crippen LogP contribution in [0.5, 0.6) is 0 Å². The molecule has 0 amide bonds. The van der Waals surface area contributed by atoms with Crippen LogP contribution in [0.4, 0.5) is 0 Å². The zero-order chi connectivity index (χ0) is 13.5. The van der Waals surface area contributed by atoms with Crippen molar-refractivity contribution in [2.45, 2.75) is 19.8 Å². The van der Waals surface area contributed by atoms with E-state index in [0.29, 0.717) is 5.57 Å². The summed E-state index contributed by atoms with van der Waals surface area (Å²) in [4.78, 5) is 10.9. The van der Waals surface area contributed by atoms with Crippen molar-refractivity contribution in [3.63, 3.8) is 0 Å². The molecule has 0 radical (unpaired) electrons. The molecule has 1 rings (SSSR count). The van der Waals surface area contributed by atoms with E-state index in [9.17, 15) is 4.79 Å². The fourth-order valence-electron chi connectivity index (χ4n) is 1.80.